The summed E-state index contributed by atoms with van der Waals surface area (Å²) in [6.45, 7) is 2.59. The molecule has 1 aromatic carbocycles. The monoisotopic (exact) mass is 158 g/mol. The Bertz CT molecular complexity index is 304. The van der Waals surface area contributed by atoms with Gasteiger partial charge >= 0.3 is 0 Å². The quantitative estimate of drug-likeness (QED) is 0.618. The van der Waals surface area contributed by atoms with E-state index in [2.05, 4.69) is 17.9 Å². The lowest BCUT2D eigenvalue weighted by Gasteiger charge is -1.95. The normalized spacial score (nSPS) is 8.83. The van der Waals surface area contributed by atoms with Gasteiger partial charge in [-0.25, -0.2) is 0 Å². The van der Waals surface area contributed by atoms with E-state index >= 15 is 0 Å². The van der Waals surface area contributed by atoms with Gasteiger partial charge in [-0.15, -0.1) is 0 Å². The molecule has 0 spiro atoms. The van der Waals surface area contributed by atoms with Crippen LogP contribution < -0.4 is 5.73 Å². The van der Waals surface area contributed by atoms with Crippen molar-refractivity contribution in [1.82, 2.24) is 0 Å². The van der Waals surface area contributed by atoms with Crippen LogP contribution in [0.25, 0.3) is 0 Å². The van der Waals surface area contributed by atoms with E-state index in [1.165, 1.54) is 0 Å². The van der Waals surface area contributed by atoms with Crippen LogP contribution in [0.5, 0.6) is 0 Å². The Morgan fingerprint density at radius 1 is 1.58 bits per heavy atom. The van der Waals surface area contributed by atoms with E-state index in [9.17, 15) is 0 Å². The van der Waals surface area contributed by atoms with Crippen LogP contribution in [-0.4, -0.2) is 0 Å². The first-order chi connectivity index (χ1) is 5.86. The third-order valence-corrected chi connectivity index (χ3v) is 1.50. The van der Waals surface area contributed by atoms with Gasteiger partial charge in [0, 0.05) is 18.5 Å². The maximum atomic E-state index is 5.49. The van der Waals surface area contributed by atoms with Crippen molar-refractivity contribution in [1.29, 1.82) is 0 Å². The van der Waals surface area contributed by atoms with E-state index < -0.39 is 0 Å². The molecule has 1 aromatic rings. The lowest BCUT2D eigenvalue weighted by Crippen LogP contribution is -1.95. The molecule has 12 heavy (non-hydrogen) atoms. The van der Waals surface area contributed by atoms with Gasteiger partial charge in [0.1, 0.15) is 0 Å². The Hall–Kier alpha value is -1.26. The molecule has 0 saturated carbocycles. The molecule has 1 heteroatoms. The smallest absolute Gasteiger partial charge is 0.0327 e. The largest absolute Gasteiger partial charge is 0.326 e. The van der Waals surface area contributed by atoms with Crippen LogP contribution in [0.1, 0.15) is 24.5 Å². The molecule has 0 aromatic heterocycles. The summed E-state index contributed by atoms with van der Waals surface area (Å²) < 4.78 is 0. The molecule has 0 saturated heterocycles. The van der Waals surface area contributed by atoms with Crippen LogP contribution in [0.3, 0.4) is 0 Å². The van der Waals surface area contributed by atoms with Crippen molar-refractivity contribution in [3.05, 3.63) is 35.4 Å². The fourth-order valence-electron chi connectivity index (χ4n) is 0.896. The third kappa shape index (κ3) is 2.41. The van der Waals surface area contributed by atoms with E-state index in [-0.39, 0.29) is 0 Å². The Balaban J connectivity index is 2.86. The van der Waals surface area contributed by atoms with Gasteiger partial charge in [-0.05, 0) is 17.7 Å². The van der Waals surface area contributed by atoms with Gasteiger partial charge in [0.2, 0.25) is 0 Å². The standard InChI is InChI=1S/C11H12N/c1-2-3-5-10-6-4-7-11(8-10)9-12/h4,7-8H,2,9,12H2,1H3. The van der Waals surface area contributed by atoms with Crippen molar-refractivity contribution in [3.8, 4) is 11.8 Å². The third-order valence-electron chi connectivity index (χ3n) is 1.50. The molecule has 0 fully saturated rings. The van der Waals surface area contributed by atoms with Crippen molar-refractivity contribution in [3.63, 3.8) is 0 Å². The molecule has 1 rings (SSSR count). The lowest BCUT2D eigenvalue weighted by atomic mass is 10.1. The highest BCUT2D eigenvalue weighted by Gasteiger charge is 1.89. The first kappa shape index (κ1) is 8.83. The van der Waals surface area contributed by atoms with Gasteiger partial charge in [-0.1, -0.05) is 30.9 Å². The molecule has 0 atom stereocenters. The lowest BCUT2D eigenvalue weighted by molar-refractivity contribution is 1.07. The minimum absolute atomic E-state index is 0.565. The summed E-state index contributed by atoms with van der Waals surface area (Å²) in [6.07, 6.45) is 0.876. The molecule has 0 aliphatic rings. The maximum Gasteiger partial charge on any atom is 0.0327 e. The van der Waals surface area contributed by atoms with Crippen molar-refractivity contribution in [2.45, 2.75) is 19.9 Å². The summed E-state index contributed by atoms with van der Waals surface area (Å²) in [5, 5.41) is 0. The van der Waals surface area contributed by atoms with E-state index in [1.807, 2.05) is 25.1 Å². The summed E-state index contributed by atoms with van der Waals surface area (Å²) in [6, 6.07) is 8.84. The van der Waals surface area contributed by atoms with Crippen LogP contribution in [0, 0.1) is 17.9 Å². The minimum Gasteiger partial charge on any atom is -0.326 e. The van der Waals surface area contributed by atoms with Crippen molar-refractivity contribution >= 4 is 0 Å². The predicted octanol–water partition coefficient (Wildman–Crippen LogP) is 1.71. The molecule has 0 amide bonds. The zero-order valence-corrected chi connectivity index (χ0v) is 7.22. The number of nitrogens with two attached hydrogens (primary N) is 1. The second-order valence-electron chi connectivity index (χ2n) is 2.47. The van der Waals surface area contributed by atoms with Crippen LogP contribution in [-0.2, 0) is 6.54 Å². The van der Waals surface area contributed by atoms with Gasteiger partial charge < -0.3 is 5.73 Å². The molecule has 0 aliphatic heterocycles. The van der Waals surface area contributed by atoms with Crippen molar-refractivity contribution in [2.24, 2.45) is 5.73 Å². The van der Waals surface area contributed by atoms with Gasteiger partial charge in [-0.3, -0.25) is 0 Å². The van der Waals surface area contributed by atoms with Crippen LogP contribution in [0.2, 0.25) is 0 Å². The van der Waals surface area contributed by atoms with Crippen LogP contribution >= 0.6 is 0 Å². The van der Waals surface area contributed by atoms with Gasteiger partial charge in [0.25, 0.3) is 0 Å². The summed E-state index contributed by atoms with van der Waals surface area (Å²) in [4.78, 5) is 0. The molecule has 2 N–H and O–H groups in total. The predicted molar refractivity (Wildman–Crippen MR) is 50.3 cm³/mol. The average Bonchev–Trinajstić information content (AvgIpc) is 2.15. The average molecular weight is 158 g/mol. The van der Waals surface area contributed by atoms with E-state index in [4.69, 9.17) is 5.73 Å². The number of hydrogen-bond donors (Lipinski definition) is 1. The fraction of sp³-hybridized carbons (Fsp3) is 0.273. The summed E-state index contributed by atoms with van der Waals surface area (Å²) in [5.74, 6) is 6.00. The van der Waals surface area contributed by atoms with Crippen LogP contribution in [0.4, 0.5) is 0 Å². The maximum absolute atomic E-state index is 5.49. The molecular formula is C11H12N. The Labute approximate surface area is 73.6 Å². The molecule has 0 heterocycles. The zero-order chi connectivity index (χ0) is 8.81. The minimum atomic E-state index is 0.565. The van der Waals surface area contributed by atoms with E-state index in [0.717, 1.165) is 17.5 Å². The first-order valence-electron chi connectivity index (χ1n) is 4.06. The highest BCUT2D eigenvalue weighted by Crippen LogP contribution is 2.01. The van der Waals surface area contributed by atoms with Crippen molar-refractivity contribution in [2.75, 3.05) is 0 Å². The second-order valence-corrected chi connectivity index (χ2v) is 2.47. The second kappa shape index (κ2) is 4.58. The first-order valence-corrected chi connectivity index (χ1v) is 4.06. The van der Waals surface area contributed by atoms with Gasteiger partial charge in [0.15, 0.2) is 0 Å². The summed E-state index contributed by atoms with van der Waals surface area (Å²) in [7, 11) is 0. The van der Waals surface area contributed by atoms with Crippen LogP contribution in [0.15, 0.2) is 18.2 Å². The van der Waals surface area contributed by atoms with E-state index in [0.29, 0.717) is 6.54 Å². The van der Waals surface area contributed by atoms with Crippen molar-refractivity contribution < 1.29 is 0 Å². The number of benzene rings is 1. The fourth-order valence-corrected chi connectivity index (χ4v) is 0.896. The zero-order valence-electron chi connectivity index (χ0n) is 7.22. The Morgan fingerprint density at radius 3 is 3.08 bits per heavy atom. The molecule has 61 valence electrons. The molecule has 1 nitrogen and oxygen atoms in total. The SMILES string of the molecule is CCC#Cc1[c]ccc(CN)c1. The molecule has 0 bridgehead atoms. The van der Waals surface area contributed by atoms with Gasteiger partial charge in [-0.2, -0.15) is 0 Å². The molecular weight excluding hydrogens is 146 g/mol. The summed E-state index contributed by atoms with van der Waals surface area (Å²) in [5.41, 5.74) is 7.52. The topological polar surface area (TPSA) is 26.0 Å². The molecule has 0 unspecified atom stereocenters. The molecule has 1 radical (unpaired) electrons. The summed E-state index contributed by atoms with van der Waals surface area (Å²) >= 11 is 0. The highest BCUT2D eigenvalue weighted by atomic mass is 14.5. The van der Waals surface area contributed by atoms with Gasteiger partial charge in [0.05, 0.1) is 0 Å². The molecule has 0 aliphatic carbocycles. The highest BCUT2D eigenvalue weighted by molar-refractivity contribution is 5.35. The Morgan fingerprint density at radius 2 is 2.42 bits per heavy atom. The number of hydrogen-bond acceptors (Lipinski definition) is 1. The van der Waals surface area contributed by atoms with E-state index in [1.54, 1.807) is 0 Å². The number of rotatable bonds is 1. The Kier molecular flexibility index (Phi) is 3.37.